The molecule has 4 nitrogen and oxygen atoms in total. The summed E-state index contributed by atoms with van der Waals surface area (Å²) in [6.45, 7) is 0. The summed E-state index contributed by atoms with van der Waals surface area (Å²) in [6.07, 6.45) is 0. The van der Waals surface area contributed by atoms with E-state index in [-0.39, 0.29) is 11.5 Å². The van der Waals surface area contributed by atoms with Crippen molar-refractivity contribution in [2.45, 2.75) is 0 Å². The Kier molecular flexibility index (Phi) is 2.95. The summed E-state index contributed by atoms with van der Waals surface area (Å²) >= 11 is 5.87. The van der Waals surface area contributed by atoms with E-state index in [4.69, 9.17) is 16.3 Å². The number of nitrogens with zero attached hydrogens (tertiary/aromatic N) is 1. The smallest absolute Gasteiger partial charge is 0.272 e. The first-order valence-corrected chi connectivity index (χ1v) is 6.32. The van der Waals surface area contributed by atoms with Crippen molar-refractivity contribution >= 4 is 28.8 Å². The quantitative estimate of drug-likeness (QED) is 0.630. The molecule has 0 unspecified atom stereocenters. The van der Waals surface area contributed by atoms with E-state index in [1.165, 1.54) is 6.07 Å². The topological polar surface area (TPSA) is 52.4 Å². The lowest BCUT2D eigenvalue weighted by Gasteiger charge is -2.03. The van der Waals surface area contributed by atoms with Gasteiger partial charge in [-0.2, -0.15) is 4.74 Å². The Hall–Kier alpha value is -2.33. The Balaban J connectivity index is 2.11. The number of ether oxygens (including phenoxy) is 1. The van der Waals surface area contributed by atoms with Crippen LogP contribution in [0.5, 0.6) is 5.75 Å². The molecule has 1 heterocycles. The maximum Gasteiger partial charge on any atom is 0.272 e. The third-order valence-electron chi connectivity index (χ3n) is 3.20. The van der Waals surface area contributed by atoms with E-state index < -0.39 is 0 Å². The molecule has 0 amide bonds. The first-order chi connectivity index (χ1) is 9.61. The minimum absolute atomic E-state index is 0.102. The second-order valence-electron chi connectivity index (χ2n) is 4.36. The van der Waals surface area contributed by atoms with Gasteiger partial charge in [0, 0.05) is 11.1 Å². The van der Waals surface area contributed by atoms with Gasteiger partial charge in [-0.05, 0) is 36.4 Å². The summed E-state index contributed by atoms with van der Waals surface area (Å²) in [7, 11) is 1.56. The lowest BCUT2D eigenvalue weighted by molar-refractivity contribution is -0.355. The molecule has 0 saturated heterocycles. The fourth-order valence-electron chi connectivity index (χ4n) is 2.20. The molecular formula is C15H10ClNO3. The zero-order valence-corrected chi connectivity index (χ0v) is 11.3. The minimum Gasteiger partial charge on any atom is -0.618 e. The first-order valence-electron chi connectivity index (χ1n) is 5.94. The molecule has 0 bridgehead atoms. The van der Waals surface area contributed by atoms with Crippen molar-refractivity contribution in [2.24, 2.45) is 0 Å². The molecule has 2 aromatic carbocycles. The zero-order chi connectivity index (χ0) is 14.3. The second-order valence-corrected chi connectivity index (χ2v) is 4.80. The lowest BCUT2D eigenvalue weighted by Crippen LogP contribution is -2.16. The van der Waals surface area contributed by atoms with E-state index in [1.54, 1.807) is 43.5 Å². The highest BCUT2D eigenvalue weighted by atomic mass is 35.5. The SMILES string of the molecule is COc1ccc(C2=[N+]([O-])c3ccc(Cl)cc3C2=O)cc1. The fraction of sp³-hybridized carbons (Fsp3) is 0.0667. The van der Waals surface area contributed by atoms with Crippen LogP contribution in [0.25, 0.3) is 0 Å². The molecule has 0 spiro atoms. The van der Waals surface area contributed by atoms with Gasteiger partial charge in [0.25, 0.3) is 11.5 Å². The highest BCUT2D eigenvalue weighted by Gasteiger charge is 2.36. The second kappa shape index (κ2) is 4.65. The summed E-state index contributed by atoms with van der Waals surface area (Å²) in [6, 6.07) is 11.4. The Labute approximate surface area is 120 Å². The van der Waals surface area contributed by atoms with Crippen molar-refractivity contribution in [2.75, 3.05) is 7.11 Å². The number of rotatable bonds is 2. The molecule has 2 aromatic rings. The van der Waals surface area contributed by atoms with E-state index in [0.717, 1.165) is 0 Å². The van der Waals surface area contributed by atoms with Crippen LogP contribution in [0.4, 0.5) is 5.69 Å². The van der Waals surface area contributed by atoms with Gasteiger partial charge in [0.2, 0.25) is 5.69 Å². The summed E-state index contributed by atoms with van der Waals surface area (Å²) in [4.78, 5) is 12.3. The predicted octanol–water partition coefficient (Wildman–Crippen LogP) is 3.18. The van der Waals surface area contributed by atoms with Crippen LogP contribution in [-0.2, 0) is 0 Å². The van der Waals surface area contributed by atoms with Crippen LogP contribution in [0.3, 0.4) is 0 Å². The van der Waals surface area contributed by atoms with Crippen LogP contribution in [0.2, 0.25) is 5.02 Å². The van der Waals surface area contributed by atoms with E-state index in [0.29, 0.717) is 32.3 Å². The van der Waals surface area contributed by atoms with Gasteiger partial charge in [-0.25, -0.2) is 0 Å². The Bertz CT molecular complexity index is 735. The Morgan fingerprint density at radius 1 is 1.15 bits per heavy atom. The normalized spacial score (nSPS) is 13.6. The average Bonchev–Trinajstić information content (AvgIpc) is 2.71. The molecule has 100 valence electrons. The standard InChI is InChI=1S/C15H10ClNO3/c1-20-11-5-2-9(3-6-11)14-15(18)12-8-10(16)4-7-13(12)17(14)19/h2-8H,1H3. The van der Waals surface area contributed by atoms with Gasteiger partial charge in [-0.3, -0.25) is 4.79 Å². The van der Waals surface area contributed by atoms with Crippen molar-refractivity contribution in [1.82, 2.24) is 0 Å². The number of hydrogen-bond donors (Lipinski definition) is 0. The van der Waals surface area contributed by atoms with Crippen molar-refractivity contribution < 1.29 is 14.3 Å². The van der Waals surface area contributed by atoms with Gasteiger partial charge in [0.15, 0.2) is 0 Å². The number of fused-ring (bicyclic) bond motifs is 1. The first kappa shape index (κ1) is 12.7. The molecular weight excluding hydrogens is 278 g/mol. The van der Waals surface area contributed by atoms with Crippen LogP contribution in [0.1, 0.15) is 15.9 Å². The Morgan fingerprint density at radius 2 is 1.85 bits per heavy atom. The van der Waals surface area contributed by atoms with Gasteiger partial charge in [-0.1, -0.05) is 11.6 Å². The van der Waals surface area contributed by atoms with Gasteiger partial charge < -0.3 is 9.94 Å². The van der Waals surface area contributed by atoms with Gasteiger partial charge in [0.1, 0.15) is 11.3 Å². The van der Waals surface area contributed by atoms with E-state index in [1.807, 2.05) is 0 Å². The van der Waals surface area contributed by atoms with Crippen molar-refractivity contribution in [3.05, 3.63) is 63.8 Å². The molecule has 0 aliphatic carbocycles. The molecule has 1 aliphatic heterocycles. The minimum atomic E-state index is -0.317. The number of halogens is 1. The molecule has 5 heteroatoms. The van der Waals surface area contributed by atoms with E-state index in [9.17, 15) is 10.0 Å². The number of carbonyl (C=O) groups is 1. The number of methoxy groups -OCH3 is 1. The molecule has 0 radical (unpaired) electrons. The molecule has 0 fully saturated rings. The highest BCUT2D eigenvalue weighted by molar-refractivity contribution is 6.52. The number of hydrogen-bond acceptors (Lipinski definition) is 3. The third-order valence-corrected chi connectivity index (χ3v) is 3.44. The molecule has 3 rings (SSSR count). The predicted molar refractivity (Wildman–Crippen MR) is 76.2 cm³/mol. The van der Waals surface area contributed by atoms with Crippen LogP contribution in [-0.4, -0.2) is 23.3 Å². The summed E-state index contributed by atoms with van der Waals surface area (Å²) < 4.78 is 5.71. The molecule has 0 N–H and O–H groups in total. The van der Waals surface area contributed by atoms with Gasteiger partial charge in [0.05, 0.1) is 12.7 Å². The van der Waals surface area contributed by atoms with E-state index >= 15 is 0 Å². The monoisotopic (exact) mass is 287 g/mol. The molecule has 0 atom stereocenters. The summed E-state index contributed by atoms with van der Waals surface area (Å²) in [5, 5.41) is 12.7. The number of benzene rings is 2. The van der Waals surface area contributed by atoms with E-state index in [2.05, 4.69) is 0 Å². The van der Waals surface area contributed by atoms with Crippen molar-refractivity contribution in [3.63, 3.8) is 0 Å². The van der Waals surface area contributed by atoms with Crippen molar-refractivity contribution in [3.8, 4) is 5.75 Å². The lowest BCUT2D eigenvalue weighted by atomic mass is 10.0. The number of Topliss-reactive ketones (excluding diaryl/α,β-unsaturated/α-hetero) is 1. The molecule has 0 saturated carbocycles. The molecule has 1 aliphatic rings. The largest absolute Gasteiger partial charge is 0.618 e. The highest BCUT2D eigenvalue weighted by Crippen LogP contribution is 2.30. The molecule has 20 heavy (non-hydrogen) atoms. The maximum atomic E-state index is 12.3. The average molecular weight is 288 g/mol. The maximum absolute atomic E-state index is 12.3. The van der Waals surface area contributed by atoms with Crippen LogP contribution in [0, 0.1) is 5.21 Å². The fourth-order valence-corrected chi connectivity index (χ4v) is 2.38. The van der Waals surface area contributed by atoms with Crippen molar-refractivity contribution in [1.29, 1.82) is 0 Å². The van der Waals surface area contributed by atoms with Gasteiger partial charge in [-0.15, -0.1) is 0 Å². The number of ketones is 1. The van der Waals surface area contributed by atoms with Crippen LogP contribution >= 0.6 is 11.6 Å². The zero-order valence-electron chi connectivity index (χ0n) is 10.6. The number of carbonyl (C=O) groups excluding carboxylic acids is 1. The molecule has 0 aromatic heterocycles. The third kappa shape index (κ3) is 1.85. The Morgan fingerprint density at radius 3 is 2.50 bits per heavy atom. The van der Waals surface area contributed by atoms with Gasteiger partial charge >= 0.3 is 0 Å². The summed E-state index contributed by atoms with van der Waals surface area (Å²) in [5.41, 5.74) is 1.31. The van der Waals surface area contributed by atoms with Crippen LogP contribution in [0.15, 0.2) is 42.5 Å². The summed E-state index contributed by atoms with van der Waals surface area (Å²) in [5.74, 6) is 0.348. The van der Waals surface area contributed by atoms with Crippen LogP contribution < -0.4 is 4.74 Å².